The van der Waals surface area contributed by atoms with E-state index in [1.54, 1.807) is 31.9 Å². The lowest BCUT2D eigenvalue weighted by Gasteiger charge is -2.34. The highest BCUT2D eigenvalue weighted by atomic mass is 32.2. The lowest BCUT2D eigenvalue weighted by molar-refractivity contribution is 0.114. The number of aliphatic hydroxyl groups excluding tert-OH is 1. The van der Waals surface area contributed by atoms with Gasteiger partial charge in [-0.25, -0.2) is 12.7 Å². The molecule has 4 rings (SSSR count). The van der Waals surface area contributed by atoms with Crippen molar-refractivity contribution in [2.45, 2.75) is 21.1 Å². The molecule has 6 nitrogen and oxygen atoms in total. The molecule has 0 aromatic heterocycles. The molecule has 0 bridgehead atoms. The number of benzene rings is 2. The smallest absolute Gasteiger partial charge is 0.242 e. The molecule has 2 aliphatic heterocycles. The summed E-state index contributed by atoms with van der Waals surface area (Å²) < 4.78 is 26.7. The average molecular weight is 474 g/mol. The van der Waals surface area contributed by atoms with E-state index < -0.39 is 10.0 Å². The van der Waals surface area contributed by atoms with Gasteiger partial charge in [-0.2, -0.15) is 0 Å². The fourth-order valence-corrected chi connectivity index (χ4v) is 6.23. The highest BCUT2D eigenvalue weighted by Crippen LogP contribution is 2.46. The molecule has 0 aliphatic carbocycles. The highest BCUT2D eigenvalue weighted by molar-refractivity contribution is 7.99. The first-order valence-electron chi connectivity index (χ1n) is 11.0. The van der Waals surface area contributed by atoms with Gasteiger partial charge in [-0.3, -0.25) is 4.90 Å². The summed E-state index contributed by atoms with van der Waals surface area (Å²) in [6.07, 6.45) is 3.17. The number of hydrogen-bond acceptors (Lipinski definition) is 6. The number of hydrogen-bond donors (Lipinski definition) is 1. The molecule has 32 heavy (non-hydrogen) atoms. The number of piperazine rings is 1. The summed E-state index contributed by atoms with van der Waals surface area (Å²) in [6.45, 7) is 5.94. The van der Waals surface area contributed by atoms with Crippen LogP contribution in [-0.4, -0.2) is 87.6 Å². The zero-order valence-electron chi connectivity index (χ0n) is 18.7. The van der Waals surface area contributed by atoms with Crippen molar-refractivity contribution in [3.63, 3.8) is 0 Å². The average Bonchev–Trinajstić information content (AvgIpc) is 2.79. The SMILES string of the molecule is CN(C)S(=O)(=O)c1ccc2c(c1)C(=CCCN1CCN(CCO)CC1)c1ccccc1S2. The summed E-state index contributed by atoms with van der Waals surface area (Å²) >= 11 is 1.69. The van der Waals surface area contributed by atoms with E-state index in [4.69, 9.17) is 5.11 Å². The molecular formula is C24H31N3O3S2. The maximum absolute atomic E-state index is 12.7. The van der Waals surface area contributed by atoms with Crippen molar-refractivity contribution in [3.05, 3.63) is 59.7 Å². The van der Waals surface area contributed by atoms with E-state index in [1.165, 1.54) is 9.20 Å². The van der Waals surface area contributed by atoms with Crippen LogP contribution in [0.2, 0.25) is 0 Å². The van der Waals surface area contributed by atoms with Gasteiger partial charge >= 0.3 is 0 Å². The van der Waals surface area contributed by atoms with Crippen LogP contribution in [-0.2, 0) is 10.0 Å². The van der Waals surface area contributed by atoms with Crippen molar-refractivity contribution in [1.82, 2.24) is 14.1 Å². The van der Waals surface area contributed by atoms with Crippen molar-refractivity contribution < 1.29 is 13.5 Å². The van der Waals surface area contributed by atoms with Crippen LogP contribution < -0.4 is 0 Å². The summed E-state index contributed by atoms with van der Waals surface area (Å²) in [5.41, 5.74) is 3.27. The molecule has 1 N–H and O–H groups in total. The lowest BCUT2D eigenvalue weighted by Crippen LogP contribution is -2.47. The van der Waals surface area contributed by atoms with Crippen LogP contribution in [0.15, 0.2) is 63.2 Å². The summed E-state index contributed by atoms with van der Waals surface area (Å²) in [4.78, 5) is 7.37. The Morgan fingerprint density at radius 3 is 2.31 bits per heavy atom. The fraction of sp³-hybridized carbons (Fsp3) is 0.417. The fourth-order valence-electron chi connectivity index (χ4n) is 4.21. The van der Waals surface area contributed by atoms with Crippen LogP contribution in [0.5, 0.6) is 0 Å². The minimum Gasteiger partial charge on any atom is -0.395 e. The van der Waals surface area contributed by atoms with Crippen LogP contribution in [0.4, 0.5) is 0 Å². The molecule has 172 valence electrons. The molecule has 0 spiro atoms. The topological polar surface area (TPSA) is 64.1 Å². The van der Waals surface area contributed by atoms with Gasteiger partial charge in [-0.05, 0) is 47.4 Å². The molecule has 2 heterocycles. The Morgan fingerprint density at radius 2 is 1.62 bits per heavy atom. The van der Waals surface area contributed by atoms with Crippen LogP contribution >= 0.6 is 11.8 Å². The summed E-state index contributed by atoms with van der Waals surface area (Å²) in [6, 6.07) is 13.8. The second-order valence-corrected chi connectivity index (χ2v) is 11.6. The Morgan fingerprint density at radius 1 is 0.969 bits per heavy atom. The Kier molecular flexibility index (Phi) is 7.39. The van der Waals surface area contributed by atoms with Crippen molar-refractivity contribution in [2.24, 2.45) is 0 Å². The monoisotopic (exact) mass is 473 g/mol. The minimum atomic E-state index is -3.49. The first kappa shape index (κ1) is 23.5. The van der Waals surface area contributed by atoms with Crippen LogP contribution in [0, 0.1) is 0 Å². The highest BCUT2D eigenvalue weighted by Gasteiger charge is 2.25. The van der Waals surface area contributed by atoms with Crippen molar-refractivity contribution in [2.75, 3.05) is 60.0 Å². The Bertz CT molecular complexity index is 1090. The van der Waals surface area contributed by atoms with Gasteiger partial charge in [0, 0.05) is 63.2 Å². The molecule has 1 fully saturated rings. The quantitative estimate of drug-likeness (QED) is 0.569. The molecule has 2 aromatic rings. The lowest BCUT2D eigenvalue weighted by atomic mass is 9.96. The third-order valence-electron chi connectivity index (χ3n) is 6.09. The minimum absolute atomic E-state index is 0.217. The van der Waals surface area contributed by atoms with Gasteiger partial charge in [-0.15, -0.1) is 0 Å². The number of rotatable bonds is 7. The van der Waals surface area contributed by atoms with Crippen LogP contribution in [0.1, 0.15) is 17.5 Å². The van der Waals surface area contributed by atoms with Gasteiger partial charge in [-0.1, -0.05) is 36.0 Å². The zero-order chi connectivity index (χ0) is 22.7. The van der Waals surface area contributed by atoms with Crippen molar-refractivity contribution in [3.8, 4) is 0 Å². The first-order chi connectivity index (χ1) is 15.4. The van der Waals surface area contributed by atoms with Crippen molar-refractivity contribution >= 4 is 27.4 Å². The summed E-state index contributed by atoms with van der Waals surface area (Å²) in [5, 5.41) is 9.13. The predicted molar refractivity (Wildman–Crippen MR) is 130 cm³/mol. The second kappa shape index (κ2) is 10.1. The molecule has 0 amide bonds. The van der Waals surface area contributed by atoms with Gasteiger partial charge in [0.15, 0.2) is 0 Å². The molecule has 0 unspecified atom stereocenters. The van der Waals surface area contributed by atoms with Gasteiger partial charge in [0.05, 0.1) is 11.5 Å². The molecule has 1 saturated heterocycles. The number of β-amino-alcohol motifs (C(OH)–C–C–N with tert-alkyl or cyclic N) is 1. The maximum atomic E-state index is 12.7. The molecule has 2 aliphatic rings. The number of fused-ring (bicyclic) bond motifs is 2. The molecule has 8 heteroatoms. The van der Waals surface area contributed by atoms with E-state index in [1.807, 2.05) is 24.3 Å². The number of sulfonamides is 1. The number of aliphatic hydroxyl groups is 1. The second-order valence-electron chi connectivity index (χ2n) is 8.36. The molecule has 0 radical (unpaired) electrons. The summed E-state index contributed by atoms with van der Waals surface area (Å²) in [5.74, 6) is 0. The first-order valence-corrected chi connectivity index (χ1v) is 13.3. The van der Waals surface area contributed by atoms with Crippen LogP contribution in [0.25, 0.3) is 5.57 Å². The van der Waals surface area contributed by atoms with Gasteiger partial charge in [0.2, 0.25) is 10.0 Å². The van der Waals surface area contributed by atoms with E-state index in [2.05, 4.69) is 28.0 Å². The van der Waals surface area contributed by atoms with Gasteiger partial charge < -0.3 is 10.0 Å². The Labute approximate surface area is 195 Å². The van der Waals surface area contributed by atoms with E-state index in [0.717, 1.165) is 67.3 Å². The van der Waals surface area contributed by atoms with Crippen molar-refractivity contribution in [1.29, 1.82) is 0 Å². The Hall–Kier alpha value is -1.68. The van der Waals surface area contributed by atoms with Gasteiger partial charge in [0.1, 0.15) is 0 Å². The van der Waals surface area contributed by atoms with E-state index >= 15 is 0 Å². The van der Waals surface area contributed by atoms with E-state index in [9.17, 15) is 8.42 Å². The third kappa shape index (κ3) is 4.95. The van der Waals surface area contributed by atoms with Crippen LogP contribution in [0.3, 0.4) is 0 Å². The zero-order valence-corrected chi connectivity index (χ0v) is 20.3. The molecular weight excluding hydrogens is 442 g/mol. The maximum Gasteiger partial charge on any atom is 0.242 e. The normalized spacial score (nSPS) is 18.7. The van der Waals surface area contributed by atoms with E-state index in [-0.39, 0.29) is 6.61 Å². The Balaban J connectivity index is 1.59. The standard InChI is InChI=1S/C24H31N3O3S2/c1-25(2)32(29,30)19-9-10-24-22(18-19)20(21-6-3-4-8-23(21)31-24)7-5-11-26-12-14-27(15-13-26)16-17-28/h3-4,6-10,18,28H,5,11-17H2,1-2H3. The third-order valence-corrected chi connectivity index (χ3v) is 9.05. The largest absolute Gasteiger partial charge is 0.395 e. The van der Waals surface area contributed by atoms with Gasteiger partial charge in [0.25, 0.3) is 0 Å². The number of nitrogens with zero attached hydrogens (tertiary/aromatic N) is 3. The molecule has 0 atom stereocenters. The molecule has 2 aromatic carbocycles. The predicted octanol–water partition coefficient (Wildman–Crippen LogP) is 2.83. The molecule has 0 saturated carbocycles. The van der Waals surface area contributed by atoms with E-state index in [0.29, 0.717) is 4.90 Å². The summed E-state index contributed by atoms with van der Waals surface area (Å²) in [7, 11) is -0.362.